The van der Waals surface area contributed by atoms with Crippen molar-refractivity contribution in [1.82, 2.24) is 4.90 Å². The number of non-ortho nitro benzene ring substituents is 1. The number of nitro groups is 1. The predicted octanol–water partition coefficient (Wildman–Crippen LogP) is 4.71. The molecule has 0 bridgehead atoms. The molecule has 4 atom stereocenters. The minimum absolute atomic E-state index is 0.136. The Morgan fingerprint density at radius 3 is 2.42 bits per heavy atom. The Kier molecular flexibility index (Phi) is 5.53. The third-order valence-electron chi connectivity index (χ3n) is 7.47. The van der Waals surface area contributed by atoms with E-state index in [4.69, 9.17) is 11.6 Å². The Labute approximate surface area is 222 Å². The van der Waals surface area contributed by atoms with E-state index in [1.165, 1.54) is 18.2 Å². The van der Waals surface area contributed by atoms with Crippen molar-refractivity contribution in [1.29, 1.82) is 0 Å². The maximum atomic E-state index is 14.0. The SMILES string of the molecule is Cc1cc([N+](=O)[O-])ccc1N1C(=O)[C@@H]2[C@@H](C1=O)[C@@H]1c3ccccc3C=CN1[C@@H]2C(=O)Nc1ccc(Cl)cc1. The maximum Gasteiger partial charge on any atom is 0.269 e. The summed E-state index contributed by atoms with van der Waals surface area (Å²) in [6.45, 7) is 1.62. The summed E-state index contributed by atoms with van der Waals surface area (Å²) in [5.74, 6) is -3.13. The van der Waals surface area contributed by atoms with Crippen LogP contribution in [0, 0.1) is 28.9 Å². The van der Waals surface area contributed by atoms with Crippen molar-refractivity contribution >= 4 is 52.5 Å². The van der Waals surface area contributed by atoms with Crippen molar-refractivity contribution in [3.05, 3.63) is 105 Å². The standard InChI is InChI=1S/C28H21ClN4O5/c1-15-14-19(33(37)38)10-11-21(15)32-27(35)22-23(28(32)36)25(26(34)30-18-8-6-17(29)7-9-18)31-13-12-16-4-2-3-5-20(16)24(22)31/h2-14,22-25H,1H3,(H,30,34)/t22-,23-,24+,25+/m1/s1. The lowest BCUT2D eigenvalue weighted by atomic mass is 9.84. The molecule has 3 aliphatic rings. The second kappa shape index (κ2) is 8.81. The van der Waals surface area contributed by atoms with Gasteiger partial charge in [0.15, 0.2) is 0 Å². The molecule has 3 heterocycles. The predicted molar refractivity (Wildman–Crippen MR) is 141 cm³/mol. The number of benzene rings is 3. The first-order valence-corrected chi connectivity index (χ1v) is 12.4. The molecular formula is C28H21ClN4O5. The van der Waals surface area contributed by atoms with E-state index in [0.717, 1.165) is 16.0 Å². The highest BCUT2D eigenvalue weighted by molar-refractivity contribution is 6.30. The number of rotatable bonds is 4. The summed E-state index contributed by atoms with van der Waals surface area (Å²) in [5, 5.41) is 14.6. The Morgan fingerprint density at radius 2 is 1.71 bits per heavy atom. The van der Waals surface area contributed by atoms with Crippen LogP contribution in [0.15, 0.2) is 72.9 Å². The minimum atomic E-state index is -0.954. The number of hydrogen-bond acceptors (Lipinski definition) is 6. The van der Waals surface area contributed by atoms with E-state index < -0.39 is 46.6 Å². The van der Waals surface area contributed by atoms with E-state index in [1.54, 1.807) is 42.3 Å². The fraction of sp³-hybridized carbons (Fsp3) is 0.179. The largest absolute Gasteiger partial charge is 0.357 e. The fourth-order valence-corrected chi connectivity index (χ4v) is 5.97. The van der Waals surface area contributed by atoms with Crippen LogP contribution < -0.4 is 10.2 Å². The molecule has 3 amide bonds. The summed E-state index contributed by atoms with van der Waals surface area (Å²) >= 11 is 5.98. The molecule has 0 unspecified atom stereocenters. The zero-order valence-electron chi connectivity index (χ0n) is 20.1. The van der Waals surface area contributed by atoms with E-state index >= 15 is 0 Å². The smallest absolute Gasteiger partial charge is 0.269 e. The highest BCUT2D eigenvalue weighted by Gasteiger charge is 2.64. The number of carbonyl (C=O) groups excluding carboxylic acids is 3. The van der Waals surface area contributed by atoms with Crippen molar-refractivity contribution in [3.8, 4) is 0 Å². The van der Waals surface area contributed by atoms with E-state index in [0.29, 0.717) is 16.3 Å². The van der Waals surface area contributed by atoms with Gasteiger partial charge < -0.3 is 10.2 Å². The highest BCUT2D eigenvalue weighted by atomic mass is 35.5. The number of fused-ring (bicyclic) bond motifs is 5. The molecule has 3 aliphatic heterocycles. The molecule has 9 nitrogen and oxygen atoms in total. The molecule has 2 saturated heterocycles. The number of aryl methyl sites for hydroxylation is 1. The number of nitro benzene ring substituents is 1. The van der Waals surface area contributed by atoms with Crippen LogP contribution in [0.25, 0.3) is 6.08 Å². The maximum absolute atomic E-state index is 14.0. The van der Waals surface area contributed by atoms with Gasteiger partial charge in [-0.1, -0.05) is 35.9 Å². The lowest BCUT2D eigenvalue weighted by Crippen LogP contribution is -2.46. The molecule has 38 heavy (non-hydrogen) atoms. The van der Waals surface area contributed by atoms with Gasteiger partial charge in [0.25, 0.3) is 5.69 Å². The lowest BCUT2D eigenvalue weighted by molar-refractivity contribution is -0.384. The summed E-state index contributed by atoms with van der Waals surface area (Å²) in [4.78, 5) is 55.2. The van der Waals surface area contributed by atoms with Gasteiger partial charge >= 0.3 is 0 Å². The molecular weight excluding hydrogens is 508 g/mol. The van der Waals surface area contributed by atoms with Crippen LogP contribution >= 0.6 is 11.6 Å². The zero-order chi connectivity index (χ0) is 26.7. The topological polar surface area (TPSA) is 113 Å². The highest BCUT2D eigenvalue weighted by Crippen LogP contribution is 2.53. The molecule has 3 aromatic carbocycles. The van der Waals surface area contributed by atoms with Gasteiger partial charge in [0.1, 0.15) is 6.04 Å². The molecule has 6 rings (SSSR count). The Hall–Kier alpha value is -4.50. The number of hydrogen-bond donors (Lipinski definition) is 1. The summed E-state index contributed by atoms with van der Waals surface area (Å²) in [6.07, 6.45) is 3.65. The summed E-state index contributed by atoms with van der Waals surface area (Å²) < 4.78 is 0. The first-order chi connectivity index (χ1) is 18.3. The third kappa shape index (κ3) is 3.58. The number of nitrogens with zero attached hydrogens (tertiary/aromatic N) is 3. The van der Waals surface area contributed by atoms with Crippen LogP contribution in [0.5, 0.6) is 0 Å². The zero-order valence-corrected chi connectivity index (χ0v) is 20.8. The van der Waals surface area contributed by atoms with Crippen LogP contribution in [-0.4, -0.2) is 33.6 Å². The molecule has 0 spiro atoms. The van der Waals surface area contributed by atoms with Crippen molar-refractivity contribution in [3.63, 3.8) is 0 Å². The van der Waals surface area contributed by atoms with Gasteiger partial charge in [0, 0.05) is 29.0 Å². The quantitative estimate of drug-likeness (QED) is 0.298. The first kappa shape index (κ1) is 23.9. The molecule has 0 saturated carbocycles. The molecule has 0 radical (unpaired) electrons. The van der Waals surface area contributed by atoms with Gasteiger partial charge in [-0.25, -0.2) is 4.90 Å². The third-order valence-corrected chi connectivity index (χ3v) is 7.73. The molecule has 2 fully saturated rings. The normalized spacial score (nSPS) is 23.2. The van der Waals surface area contributed by atoms with E-state index in [2.05, 4.69) is 5.32 Å². The van der Waals surface area contributed by atoms with E-state index in [1.807, 2.05) is 30.3 Å². The summed E-state index contributed by atoms with van der Waals surface area (Å²) in [6, 6.07) is 16.8. The molecule has 0 aromatic heterocycles. The van der Waals surface area contributed by atoms with Crippen molar-refractivity contribution in [2.45, 2.75) is 19.0 Å². The molecule has 3 aromatic rings. The van der Waals surface area contributed by atoms with E-state index in [9.17, 15) is 24.5 Å². The number of anilines is 2. The lowest BCUT2D eigenvalue weighted by Gasteiger charge is -2.35. The summed E-state index contributed by atoms with van der Waals surface area (Å²) in [7, 11) is 0. The van der Waals surface area contributed by atoms with Crippen molar-refractivity contribution < 1.29 is 19.3 Å². The van der Waals surface area contributed by atoms with Crippen molar-refractivity contribution in [2.24, 2.45) is 11.8 Å². The Bertz CT molecular complexity index is 1550. The van der Waals surface area contributed by atoms with Crippen LogP contribution in [0.3, 0.4) is 0 Å². The monoisotopic (exact) mass is 528 g/mol. The summed E-state index contributed by atoms with van der Waals surface area (Å²) in [5.41, 5.74) is 2.85. The van der Waals surface area contributed by atoms with Crippen molar-refractivity contribution in [2.75, 3.05) is 10.2 Å². The molecule has 0 aliphatic carbocycles. The Morgan fingerprint density at radius 1 is 1.00 bits per heavy atom. The molecule has 190 valence electrons. The second-order valence-electron chi connectivity index (χ2n) is 9.57. The van der Waals surface area contributed by atoms with Gasteiger partial charge in [0.2, 0.25) is 17.7 Å². The average Bonchev–Trinajstić information content (AvgIpc) is 3.38. The van der Waals surface area contributed by atoms with Gasteiger partial charge in [-0.3, -0.25) is 24.5 Å². The molecule has 1 N–H and O–H groups in total. The number of halogens is 1. The second-order valence-corrected chi connectivity index (χ2v) is 10.0. The van der Waals surface area contributed by atoms with Crippen LogP contribution in [0.2, 0.25) is 5.02 Å². The minimum Gasteiger partial charge on any atom is -0.357 e. The van der Waals surface area contributed by atoms with Crippen LogP contribution in [-0.2, 0) is 14.4 Å². The molecule has 10 heteroatoms. The van der Waals surface area contributed by atoms with Gasteiger partial charge in [-0.05, 0) is 60.0 Å². The van der Waals surface area contributed by atoms with Gasteiger partial charge in [0.05, 0.1) is 28.5 Å². The Balaban J connectivity index is 1.43. The van der Waals surface area contributed by atoms with Crippen LogP contribution in [0.1, 0.15) is 22.7 Å². The average molecular weight is 529 g/mol. The number of imide groups is 1. The number of carbonyl (C=O) groups is 3. The fourth-order valence-electron chi connectivity index (χ4n) is 5.85. The van der Waals surface area contributed by atoms with Crippen LogP contribution in [0.4, 0.5) is 17.1 Å². The van der Waals surface area contributed by atoms with E-state index in [-0.39, 0.29) is 11.4 Å². The number of nitrogens with one attached hydrogen (secondary N) is 1. The first-order valence-electron chi connectivity index (χ1n) is 12.0. The van der Waals surface area contributed by atoms with Gasteiger partial charge in [-0.15, -0.1) is 0 Å². The van der Waals surface area contributed by atoms with Gasteiger partial charge in [-0.2, -0.15) is 0 Å². The number of amides is 3.